The summed E-state index contributed by atoms with van der Waals surface area (Å²) in [6.45, 7) is 1.32. The summed E-state index contributed by atoms with van der Waals surface area (Å²) in [7, 11) is 0. The van der Waals surface area contributed by atoms with E-state index in [-0.39, 0.29) is 23.9 Å². The van der Waals surface area contributed by atoms with Gasteiger partial charge in [-0.15, -0.1) is 11.3 Å². The van der Waals surface area contributed by atoms with E-state index in [4.69, 9.17) is 0 Å². The molecule has 5 nitrogen and oxygen atoms in total. The van der Waals surface area contributed by atoms with Gasteiger partial charge in [-0.2, -0.15) is 0 Å². The monoisotopic (exact) mass is 367 g/mol. The third-order valence-corrected chi connectivity index (χ3v) is 4.98. The number of halogens is 2. The van der Waals surface area contributed by atoms with E-state index in [9.17, 15) is 18.7 Å². The van der Waals surface area contributed by atoms with Gasteiger partial charge in [-0.05, 0) is 37.6 Å². The number of piperidine rings is 1. The van der Waals surface area contributed by atoms with Crippen LogP contribution in [0, 0.1) is 17.6 Å². The Morgan fingerprint density at radius 2 is 2.32 bits per heavy atom. The zero-order valence-corrected chi connectivity index (χ0v) is 14.3. The number of nitrogens with one attached hydrogen (secondary N) is 1. The van der Waals surface area contributed by atoms with Crippen LogP contribution >= 0.6 is 11.3 Å². The number of aliphatic hydroxyl groups is 1. The highest BCUT2D eigenvalue weighted by atomic mass is 32.1. The van der Waals surface area contributed by atoms with Crippen molar-refractivity contribution in [2.75, 3.05) is 25.0 Å². The summed E-state index contributed by atoms with van der Waals surface area (Å²) in [5.41, 5.74) is -0.0608. The quantitative estimate of drug-likeness (QED) is 0.853. The van der Waals surface area contributed by atoms with E-state index in [2.05, 4.69) is 10.3 Å². The van der Waals surface area contributed by atoms with Gasteiger partial charge in [0.2, 0.25) is 5.91 Å². The maximum atomic E-state index is 13.8. The molecule has 2 aromatic rings. The topological polar surface area (TPSA) is 65.5 Å². The van der Waals surface area contributed by atoms with Crippen LogP contribution in [-0.4, -0.2) is 40.5 Å². The molecule has 1 aromatic carbocycles. The summed E-state index contributed by atoms with van der Waals surface area (Å²) in [5.74, 6) is -1.55. The van der Waals surface area contributed by atoms with Gasteiger partial charge in [0.05, 0.1) is 12.0 Å². The Morgan fingerprint density at radius 3 is 3.08 bits per heavy atom. The third-order valence-electron chi connectivity index (χ3n) is 4.29. The standard InChI is InChI=1S/C17H19F2N3O2S/c18-12-3-4-14(19)13(8-12)15(23)10-22-6-1-2-11(9-22)16(24)21-17-20-5-7-25-17/h3-5,7-8,11,15,23H,1-2,6,9-10H2,(H,20,21,24)/t11-,15+/m0/s1. The van der Waals surface area contributed by atoms with E-state index in [0.29, 0.717) is 18.2 Å². The summed E-state index contributed by atoms with van der Waals surface area (Å²) in [4.78, 5) is 18.3. The molecule has 0 unspecified atom stereocenters. The first-order chi connectivity index (χ1) is 12.0. The minimum Gasteiger partial charge on any atom is -0.387 e. The van der Waals surface area contributed by atoms with Gasteiger partial charge >= 0.3 is 0 Å². The summed E-state index contributed by atoms with van der Waals surface area (Å²) >= 11 is 1.35. The maximum absolute atomic E-state index is 13.8. The lowest BCUT2D eigenvalue weighted by Gasteiger charge is -2.33. The fourth-order valence-corrected chi connectivity index (χ4v) is 3.57. The Bertz CT molecular complexity index is 727. The number of anilines is 1. The summed E-state index contributed by atoms with van der Waals surface area (Å²) in [5, 5.41) is 15.4. The lowest BCUT2D eigenvalue weighted by Crippen LogP contribution is -2.42. The first-order valence-electron chi connectivity index (χ1n) is 8.08. The van der Waals surface area contributed by atoms with E-state index in [0.717, 1.165) is 31.0 Å². The number of carbonyl (C=O) groups excluding carboxylic acids is 1. The van der Waals surface area contributed by atoms with Crippen LogP contribution in [0.15, 0.2) is 29.8 Å². The Morgan fingerprint density at radius 1 is 1.48 bits per heavy atom. The Kier molecular flexibility index (Phi) is 5.72. The first-order valence-corrected chi connectivity index (χ1v) is 8.96. The zero-order chi connectivity index (χ0) is 17.8. The number of hydrogen-bond donors (Lipinski definition) is 2. The largest absolute Gasteiger partial charge is 0.387 e. The van der Waals surface area contributed by atoms with Crippen molar-refractivity contribution in [1.29, 1.82) is 0 Å². The number of aromatic nitrogens is 1. The number of amides is 1. The normalized spacial score (nSPS) is 19.6. The Hall–Kier alpha value is -1.90. The number of β-amino-alcohol motifs (C(OH)–C–C–N with tert-alkyl or cyclic N) is 1. The molecule has 2 heterocycles. The average molecular weight is 367 g/mol. The molecule has 3 rings (SSSR count). The van der Waals surface area contributed by atoms with Crippen molar-refractivity contribution < 1.29 is 18.7 Å². The number of aliphatic hydroxyl groups excluding tert-OH is 1. The molecule has 25 heavy (non-hydrogen) atoms. The summed E-state index contributed by atoms with van der Waals surface area (Å²) in [6, 6.07) is 3.04. The second-order valence-electron chi connectivity index (χ2n) is 6.11. The predicted molar refractivity (Wildman–Crippen MR) is 91.2 cm³/mol. The fraction of sp³-hybridized carbons (Fsp3) is 0.412. The molecule has 0 radical (unpaired) electrons. The van der Waals surface area contributed by atoms with Crippen LogP contribution in [0.4, 0.5) is 13.9 Å². The fourth-order valence-electron chi connectivity index (χ4n) is 3.04. The highest BCUT2D eigenvalue weighted by molar-refractivity contribution is 7.13. The molecule has 0 aliphatic carbocycles. The van der Waals surface area contributed by atoms with E-state index in [1.807, 2.05) is 4.90 Å². The molecule has 1 amide bonds. The number of rotatable bonds is 5. The van der Waals surface area contributed by atoms with Crippen molar-refractivity contribution in [2.45, 2.75) is 18.9 Å². The third kappa shape index (κ3) is 4.59. The summed E-state index contributed by atoms with van der Waals surface area (Å²) < 4.78 is 27.1. The van der Waals surface area contributed by atoms with Crippen LogP contribution in [0.1, 0.15) is 24.5 Å². The Balaban J connectivity index is 1.59. The first kappa shape index (κ1) is 17.9. The maximum Gasteiger partial charge on any atom is 0.230 e. The van der Waals surface area contributed by atoms with Gasteiger partial charge in [0.15, 0.2) is 5.13 Å². The minimum absolute atomic E-state index is 0.0608. The molecule has 8 heteroatoms. The van der Waals surface area contributed by atoms with Crippen LogP contribution < -0.4 is 5.32 Å². The number of carbonyl (C=O) groups is 1. The Labute approximate surface area is 148 Å². The van der Waals surface area contributed by atoms with Gasteiger partial charge in [0.25, 0.3) is 0 Å². The zero-order valence-electron chi connectivity index (χ0n) is 13.5. The molecule has 1 fully saturated rings. The SMILES string of the molecule is O=C(Nc1nccs1)[C@H]1CCCN(C[C@@H](O)c2cc(F)ccc2F)C1. The van der Waals surface area contributed by atoms with Crippen molar-refractivity contribution in [3.05, 3.63) is 47.0 Å². The number of nitrogens with zero attached hydrogens (tertiary/aromatic N) is 2. The van der Waals surface area contributed by atoms with Crippen LogP contribution in [0.2, 0.25) is 0 Å². The lowest BCUT2D eigenvalue weighted by molar-refractivity contribution is -0.121. The van der Waals surface area contributed by atoms with E-state index in [1.165, 1.54) is 11.3 Å². The molecule has 134 valence electrons. The number of likely N-dealkylation sites (tertiary alicyclic amines) is 1. The van der Waals surface area contributed by atoms with Crippen LogP contribution in [0.3, 0.4) is 0 Å². The molecule has 0 bridgehead atoms. The highest BCUT2D eigenvalue weighted by Crippen LogP contribution is 2.24. The van der Waals surface area contributed by atoms with Crippen LogP contribution in [-0.2, 0) is 4.79 Å². The molecule has 1 aliphatic rings. The second kappa shape index (κ2) is 7.99. The van der Waals surface area contributed by atoms with Crippen molar-refractivity contribution >= 4 is 22.4 Å². The average Bonchev–Trinajstić information content (AvgIpc) is 3.10. The summed E-state index contributed by atoms with van der Waals surface area (Å²) in [6.07, 6.45) is 2.03. The van der Waals surface area contributed by atoms with Gasteiger partial charge in [0, 0.05) is 30.2 Å². The molecule has 2 N–H and O–H groups in total. The van der Waals surface area contributed by atoms with Gasteiger partial charge < -0.3 is 10.4 Å². The van der Waals surface area contributed by atoms with Crippen molar-refractivity contribution in [2.24, 2.45) is 5.92 Å². The molecule has 1 aromatic heterocycles. The van der Waals surface area contributed by atoms with Gasteiger partial charge in [-0.1, -0.05) is 0 Å². The molecular weight excluding hydrogens is 348 g/mol. The minimum atomic E-state index is -1.14. The molecular formula is C17H19F2N3O2S. The van der Waals surface area contributed by atoms with E-state index in [1.54, 1.807) is 11.6 Å². The molecule has 2 atom stereocenters. The van der Waals surface area contributed by atoms with Crippen molar-refractivity contribution in [3.8, 4) is 0 Å². The number of hydrogen-bond acceptors (Lipinski definition) is 5. The van der Waals surface area contributed by atoms with Crippen molar-refractivity contribution in [3.63, 3.8) is 0 Å². The second-order valence-corrected chi connectivity index (χ2v) is 7.00. The van der Waals surface area contributed by atoms with Crippen molar-refractivity contribution in [1.82, 2.24) is 9.88 Å². The van der Waals surface area contributed by atoms with Gasteiger partial charge in [-0.25, -0.2) is 13.8 Å². The number of benzene rings is 1. The smallest absolute Gasteiger partial charge is 0.230 e. The van der Waals surface area contributed by atoms with E-state index < -0.39 is 17.7 Å². The molecule has 1 aliphatic heterocycles. The molecule has 0 saturated carbocycles. The van der Waals surface area contributed by atoms with Crippen LogP contribution in [0.5, 0.6) is 0 Å². The highest BCUT2D eigenvalue weighted by Gasteiger charge is 2.28. The van der Waals surface area contributed by atoms with E-state index >= 15 is 0 Å². The molecule has 1 saturated heterocycles. The number of thiazole rings is 1. The lowest BCUT2D eigenvalue weighted by atomic mass is 9.96. The molecule has 0 spiro atoms. The predicted octanol–water partition coefficient (Wildman–Crippen LogP) is 2.81. The van der Waals surface area contributed by atoms with Crippen LogP contribution in [0.25, 0.3) is 0 Å². The van der Waals surface area contributed by atoms with Gasteiger partial charge in [0.1, 0.15) is 11.6 Å². The van der Waals surface area contributed by atoms with Gasteiger partial charge in [-0.3, -0.25) is 9.69 Å².